The molecule has 2 rings (SSSR count). The minimum absolute atomic E-state index is 0.101. The van der Waals surface area contributed by atoms with E-state index in [0.29, 0.717) is 25.8 Å². The number of non-ortho nitro benzene ring substituents is 1. The van der Waals surface area contributed by atoms with Gasteiger partial charge in [0.25, 0.3) is 5.69 Å². The third-order valence-corrected chi connectivity index (χ3v) is 2.56. The molecule has 1 atom stereocenters. The zero-order valence-electron chi connectivity index (χ0n) is 8.85. The zero-order valence-corrected chi connectivity index (χ0v) is 8.85. The van der Waals surface area contributed by atoms with Gasteiger partial charge in [0.15, 0.2) is 11.6 Å². The van der Waals surface area contributed by atoms with E-state index in [9.17, 15) is 19.6 Å². The number of ether oxygens (including phenoxy) is 1. The fourth-order valence-corrected chi connectivity index (χ4v) is 1.72. The van der Waals surface area contributed by atoms with E-state index in [4.69, 9.17) is 4.74 Å². The molecule has 1 fully saturated rings. The second-order valence-corrected chi connectivity index (χ2v) is 3.69. The first kappa shape index (κ1) is 11.7. The number of nitrogens with one attached hydrogen (secondary N) is 1. The Bertz CT molecular complexity index is 446. The van der Waals surface area contributed by atoms with E-state index in [2.05, 4.69) is 5.32 Å². The van der Waals surface area contributed by atoms with Gasteiger partial charge < -0.3 is 15.2 Å². The number of aromatic hydroxyl groups is 1. The van der Waals surface area contributed by atoms with Crippen molar-refractivity contribution in [1.82, 2.24) is 5.32 Å². The molecule has 17 heavy (non-hydrogen) atoms. The van der Waals surface area contributed by atoms with Crippen LogP contribution in [0.4, 0.5) is 10.1 Å². The summed E-state index contributed by atoms with van der Waals surface area (Å²) in [4.78, 5) is 9.89. The highest BCUT2D eigenvalue weighted by atomic mass is 19.1. The Labute approximate surface area is 96.2 Å². The second kappa shape index (κ2) is 4.64. The summed E-state index contributed by atoms with van der Waals surface area (Å²) < 4.78 is 18.6. The molecule has 0 amide bonds. The third kappa shape index (κ3) is 2.34. The molecule has 0 bridgehead atoms. The lowest BCUT2D eigenvalue weighted by molar-refractivity contribution is -0.385. The van der Waals surface area contributed by atoms with Gasteiger partial charge >= 0.3 is 0 Å². The summed E-state index contributed by atoms with van der Waals surface area (Å²) in [7, 11) is 0. The number of rotatable bonds is 2. The van der Waals surface area contributed by atoms with Crippen LogP contribution in [-0.2, 0) is 4.74 Å². The van der Waals surface area contributed by atoms with Gasteiger partial charge in [-0.15, -0.1) is 0 Å². The summed E-state index contributed by atoms with van der Waals surface area (Å²) in [6.45, 7) is 1.46. The van der Waals surface area contributed by atoms with Crippen LogP contribution in [-0.4, -0.2) is 29.7 Å². The van der Waals surface area contributed by atoms with Gasteiger partial charge in [0, 0.05) is 24.7 Å². The fourth-order valence-electron chi connectivity index (χ4n) is 1.72. The van der Waals surface area contributed by atoms with Crippen LogP contribution in [0, 0.1) is 15.9 Å². The second-order valence-electron chi connectivity index (χ2n) is 3.69. The molecule has 0 saturated carbocycles. The van der Waals surface area contributed by atoms with Crippen LogP contribution in [0.5, 0.6) is 5.75 Å². The smallest absolute Gasteiger partial charge is 0.273 e. The van der Waals surface area contributed by atoms with E-state index in [0.717, 1.165) is 6.07 Å². The average molecular weight is 242 g/mol. The maximum Gasteiger partial charge on any atom is 0.273 e. The zero-order chi connectivity index (χ0) is 12.4. The molecule has 0 aromatic heterocycles. The molecule has 1 unspecified atom stereocenters. The standard InChI is InChI=1S/C10H11FN2O4/c11-8-4-6(13(15)16)3-7(10(8)14)9-5-12-1-2-17-9/h3-4,9,12,14H,1-2,5H2. The highest BCUT2D eigenvalue weighted by molar-refractivity contribution is 5.45. The first-order chi connectivity index (χ1) is 8.09. The van der Waals surface area contributed by atoms with E-state index in [-0.39, 0.29) is 5.56 Å². The Morgan fingerprint density at radius 1 is 1.59 bits per heavy atom. The average Bonchev–Trinajstić information content (AvgIpc) is 2.33. The van der Waals surface area contributed by atoms with E-state index in [1.54, 1.807) is 0 Å². The van der Waals surface area contributed by atoms with Crippen LogP contribution >= 0.6 is 0 Å². The number of phenolic OH excluding ortho intramolecular Hbond substituents is 1. The number of morpholine rings is 1. The minimum atomic E-state index is -1.01. The van der Waals surface area contributed by atoms with E-state index in [1.165, 1.54) is 0 Å². The Hall–Kier alpha value is -1.73. The molecular formula is C10H11FN2O4. The monoisotopic (exact) mass is 242 g/mol. The van der Waals surface area contributed by atoms with Crippen LogP contribution in [0.25, 0.3) is 0 Å². The summed E-state index contributed by atoms with van der Waals surface area (Å²) in [5, 5.41) is 23.2. The topological polar surface area (TPSA) is 84.6 Å². The van der Waals surface area contributed by atoms with Crippen molar-refractivity contribution in [2.75, 3.05) is 19.7 Å². The molecule has 0 aliphatic carbocycles. The summed E-state index contributed by atoms with van der Waals surface area (Å²) in [6, 6.07) is 1.82. The van der Waals surface area contributed by atoms with E-state index in [1.807, 2.05) is 0 Å². The molecule has 1 heterocycles. The van der Waals surface area contributed by atoms with Crippen LogP contribution in [0.2, 0.25) is 0 Å². The molecule has 0 radical (unpaired) electrons. The number of halogens is 1. The summed E-state index contributed by atoms with van der Waals surface area (Å²) in [5.41, 5.74) is -0.298. The Kier molecular flexibility index (Phi) is 3.21. The SMILES string of the molecule is O=[N+]([O-])c1cc(F)c(O)c(C2CNCCO2)c1. The van der Waals surface area contributed by atoms with Gasteiger partial charge in [-0.2, -0.15) is 0 Å². The van der Waals surface area contributed by atoms with Gasteiger partial charge in [-0.3, -0.25) is 10.1 Å². The summed E-state index contributed by atoms with van der Waals surface area (Å²) in [6.07, 6.45) is -0.571. The highest BCUT2D eigenvalue weighted by Crippen LogP contribution is 2.33. The highest BCUT2D eigenvalue weighted by Gasteiger charge is 2.24. The minimum Gasteiger partial charge on any atom is -0.505 e. The molecule has 1 saturated heterocycles. The number of nitrogens with zero attached hydrogens (tertiary/aromatic N) is 1. The molecule has 0 spiro atoms. The third-order valence-electron chi connectivity index (χ3n) is 2.56. The molecule has 6 nitrogen and oxygen atoms in total. The van der Waals surface area contributed by atoms with Gasteiger partial charge in [0.05, 0.1) is 23.7 Å². The van der Waals surface area contributed by atoms with E-state index >= 15 is 0 Å². The molecule has 2 N–H and O–H groups in total. The molecule has 1 aromatic carbocycles. The predicted octanol–water partition coefficient (Wildman–Crippen LogP) is 1.10. The van der Waals surface area contributed by atoms with Gasteiger partial charge in [0.2, 0.25) is 0 Å². The lowest BCUT2D eigenvalue weighted by atomic mass is 10.1. The number of nitro benzene ring substituents is 1. The lowest BCUT2D eigenvalue weighted by Crippen LogP contribution is -2.33. The summed E-state index contributed by atoms with van der Waals surface area (Å²) in [5.74, 6) is -1.60. The molecule has 1 aliphatic heterocycles. The Balaban J connectivity index is 2.40. The van der Waals surface area contributed by atoms with Crippen molar-refractivity contribution in [1.29, 1.82) is 0 Å². The molecule has 92 valence electrons. The number of phenols is 1. The van der Waals surface area contributed by atoms with Crippen LogP contribution in [0.1, 0.15) is 11.7 Å². The molecule has 7 heteroatoms. The van der Waals surface area contributed by atoms with Crippen LogP contribution in [0.3, 0.4) is 0 Å². The van der Waals surface area contributed by atoms with Crippen molar-refractivity contribution in [3.05, 3.63) is 33.6 Å². The maximum absolute atomic E-state index is 13.3. The molecular weight excluding hydrogens is 231 g/mol. The summed E-state index contributed by atoms with van der Waals surface area (Å²) >= 11 is 0. The fraction of sp³-hybridized carbons (Fsp3) is 0.400. The van der Waals surface area contributed by atoms with Crippen molar-refractivity contribution in [2.24, 2.45) is 0 Å². The van der Waals surface area contributed by atoms with Gasteiger partial charge in [-0.25, -0.2) is 4.39 Å². The van der Waals surface area contributed by atoms with Crippen molar-refractivity contribution in [3.8, 4) is 5.75 Å². The van der Waals surface area contributed by atoms with Crippen molar-refractivity contribution in [2.45, 2.75) is 6.10 Å². The maximum atomic E-state index is 13.3. The van der Waals surface area contributed by atoms with Crippen LogP contribution in [0.15, 0.2) is 12.1 Å². The Morgan fingerprint density at radius 2 is 2.35 bits per heavy atom. The normalized spacial score (nSPS) is 20.2. The number of hydrogen-bond acceptors (Lipinski definition) is 5. The number of nitro groups is 1. The van der Waals surface area contributed by atoms with Gasteiger partial charge in [0.1, 0.15) is 0 Å². The lowest BCUT2D eigenvalue weighted by Gasteiger charge is -2.24. The van der Waals surface area contributed by atoms with Crippen molar-refractivity contribution in [3.63, 3.8) is 0 Å². The van der Waals surface area contributed by atoms with Gasteiger partial charge in [-0.05, 0) is 0 Å². The molecule has 1 aromatic rings. The first-order valence-electron chi connectivity index (χ1n) is 5.08. The van der Waals surface area contributed by atoms with Crippen molar-refractivity contribution < 1.29 is 19.2 Å². The van der Waals surface area contributed by atoms with Crippen LogP contribution < -0.4 is 5.32 Å². The first-order valence-corrected chi connectivity index (χ1v) is 5.08. The van der Waals surface area contributed by atoms with Gasteiger partial charge in [-0.1, -0.05) is 0 Å². The van der Waals surface area contributed by atoms with Crippen molar-refractivity contribution >= 4 is 5.69 Å². The quantitative estimate of drug-likeness (QED) is 0.599. The Morgan fingerprint density at radius 3 is 2.94 bits per heavy atom. The largest absolute Gasteiger partial charge is 0.505 e. The molecule has 1 aliphatic rings. The number of benzene rings is 1. The number of hydrogen-bond donors (Lipinski definition) is 2. The van der Waals surface area contributed by atoms with E-state index < -0.39 is 28.3 Å². The predicted molar refractivity (Wildman–Crippen MR) is 56.3 cm³/mol.